The van der Waals surface area contributed by atoms with Crippen LogP contribution in [0.25, 0.3) is 11.1 Å². The van der Waals surface area contributed by atoms with Crippen LogP contribution in [0.3, 0.4) is 0 Å². The topological polar surface area (TPSA) is 31.6 Å². The van der Waals surface area contributed by atoms with Gasteiger partial charge < -0.3 is 9.97 Å². The molecule has 2 nitrogen and oxygen atoms in total. The third kappa shape index (κ3) is 4.68. The molecular weight excluding hydrogens is 450 g/mol. The van der Waals surface area contributed by atoms with Crippen molar-refractivity contribution < 1.29 is 0 Å². The van der Waals surface area contributed by atoms with Gasteiger partial charge >= 0.3 is 0 Å². The van der Waals surface area contributed by atoms with Gasteiger partial charge in [-0.05, 0) is 63.7 Å². The summed E-state index contributed by atoms with van der Waals surface area (Å²) in [4.78, 5) is 6.58. The summed E-state index contributed by atoms with van der Waals surface area (Å²) in [7, 11) is 2.77. The van der Waals surface area contributed by atoms with E-state index in [2.05, 4.69) is 134 Å². The van der Waals surface area contributed by atoms with Gasteiger partial charge in [0.2, 0.25) is 0 Å². The van der Waals surface area contributed by atoms with E-state index in [-0.39, 0.29) is 16.0 Å². The van der Waals surface area contributed by atoms with E-state index in [1.807, 2.05) is 12.4 Å². The zero-order chi connectivity index (χ0) is 24.6. The Kier molecular flexibility index (Phi) is 6.97. The van der Waals surface area contributed by atoms with Gasteiger partial charge in [-0.3, -0.25) is 0 Å². The molecule has 0 spiro atoms. The van der Waals surface area contributed by atoms with Crippen molar-refractivity contribution in [3.05, 3.63) is 96.6 Å². The number of benzene rings is 2. The van der Waals surface area contributed by atoms with Crippen molar-refractivity contribution in [3.8, 4) is 11.1 Å². The third-order valence-electron chi connectivity index (χ3n) is 7.12. The molecule has 0 aliphatic rings. The molecule has 178 valence electrons. The highest BCUT2D eigenvalue weighted by Crippen LogP contribution is 2.59. The van der Waals surface area contributed by atoms with Crippen LogP contribution in [-0.2, 0) is 11.3 Å². The third-order valence-corrected chi connectivity index (χ3v) is 11.6. The molecule has 2 aromatic heterocycles. The van der Waals surface area contributed by atoms with Crippen LogP contribution in [-0.4, -0.2) is 9.97 Å². The lowest BCUT2D eigenvalue weighted by molar-refractivity contribution is 0.139. The highest BCUT2D eigenvalue weighted by atomic mass is 31.1. The molecule has 0 saturated carbocycles. The molecule has 4 heteroatoms. The maximum atomic E-state index is 3.31. The smallest absolute Gasteiger partial charge is 0.0196 e. The summed E-state index contributed by atoms with van der Waals surface area (Å²) in [6, 6.07) is 22.4. The van der Waals surface area contributed by atoms with Crippen LogP contribution in [0.1, 0.15) is 52.7 Å². The quantitative estimate of drug-likeness (QED) is 0.260. The molecule has 4 aromatic rings. The summed E-state index contributed by atoms with van der Waals surface area (Å²) in [5.41, 5.74) is 5.55. The van der Waals surface area contributed by atoms with E-state index in [1.165, 1.54) is 32.9 Å². The van der Waals surface area contributed by atoms with Crippen molar-refractivity contribution in [3.63, 3.8) is 0 Å². The summed E-state index contributed by atoms with van der Waals surface area (Å²) in [5.74, 6) is 0. The van der Waals surface area contributed by atoms with Crippen molar-refractivity contribution in [1.82, 2.24) is 9.97 Å². The van der Waals surface area contributed by atoms with Gasteiger partial charge in [-0.15, -0.1) is 9.24 Å². The second kappa shape index (κ2) is 9.49. The number of hydrogen-bond acceptors (Lipinski definition) is 0. The average Bonchev–Trinajstić information content (AvgIpc) is 3.50. The highest BCUT2D eigenvalue weighted by Gasteiger charge is 2.49. The minimum atomic E-state index is -0.541. The zero-order valence-electron chi connectivity index (χ0n) is 21.3. The van der Waals surface area contributed by atoms with E-state index >= 15 is 0 Å². The molecule has 0 saturated heterocycles. The lowest BCUT2D eigenvalue weighted by atomic mass is 9.61. The van der Waals surface area contributed by atoms with Crippen molar-refractivity contribution in [2.75, 3.05) is 0 Å². The number of aromatic nitrogens is 2. The van der Waals surface area contributed by atoms with Gasteiger partial charge in [0.25, 0.3) is 0 Å². The lowest BCUT2D eigenvalue weighted by Crippen LogP contribution is -2.45. The van der Waals surface area contributed by atoms with Crippen LogP contribution in [0, 0.1) is 10.8 Å². The number of hydrogen-bond donors (Lipinski definition) is 2. The largest absolute Gasteiger partial charge is 0.367 e. The summed E-state index contributed by atoms with van der Waals surface area (Å²) in [5, 5.41) is 2.67. The van der Waals surface area contributed by atoms with E-state index in [0.29, 0.717) is 0 Å². The average molecular weight is 489 g/mol. The molecule has 4 rings (SSSR count). The number of H-pyrrole nitrogens is 2. The van der Waals surface area contributed by atoms with Gasteiger partial charge in [0.1, 0.15) is 0 Å². The molecule has 0 aliphatic carbocycles. The lowest BCUT2D eigenvalue weighted by Gasteiger charge is -2.52. The van der Waals surface area contributed by atoms with E-state index in [9.17, 15) is 0 Å². The SMILES string of the molecule is CC(C)(C)C(P)(c1ccc(-c2ccccc2)cc1CP(c1cc[nH]c1)c1cc[nH]c1)C(C)(C)C. The fourth-order valence-corrected chi connectivity index (χ4v) is 7.84. The summed E-state index contributed by atoms with van der Waals surface area (Å²) >= 11 is 0. The summed E-state index contributed by atoms with van der Waals surface area (Å²) in [6.45, 7) is 14.3. The molecule has 0 aliphatic heterocycles. The maximum Gasteiger partial charge on any atom is 0.0196 e. The zero-order valence-corrected chi connectivity index (χ0v) is 23.4. The first-order valence-corrected chi connectivity index (χ1v) is 14.1. The van der Waals surface area contributed by atoms with Crippen LogP contribution in [0.2, 0.25) is 0 Å². The summed E-state index contributed by atoms with van der Waals surface area (Å²) in [6.07, 6.45) is 9.43. The van der Waals surface area contributed by atoms with Crippen molar-refractivity contribution in [1.29, 1.82) is 0 Å². The molecule has 0 fully saturated rings. The van der Waals surface area contributed by atoms with E-state index in [1.54, 1.807) is 0 Å². The van der Waals surface area contributed by atoms with Crippen LogP contribution in [0.15, 0.2) is 85.5 Å². The highest BCUT2D eigenvalue weighted by molar-refractivity contribution is 7.72. The van der Waals surface area contributed by atoms with Gasteiger partial charge in [0.15, 0.2) is 0 Å². The first-order valence-electron chi connectivity index (χ1n) is 12.0. The minimum absolute atomic E-state index is 0.0594. The van der Waals surface area contributed by atoms with Crippen LogP contribution >= 0.6 is 17.2 Å². The van der Waals surface area contributed by atoms with Gasteiger partial charge in [0.05, 0.1) is 0 Å². The molecule has 2 heterocycles. The minimum Gasteiger partial charge on any atom is -0.367 e. The molecule has 1 atom stereocenters. The first-order chi connectivity index (χ1) is 16.0. The molecule has 0 radical (unpaired) electrons. The van der Waals surface area contributed by atoms with Gasteiger partial charge in [-0.1, -0.05) is 90.1 Å². The maximum absolute atomic E-state index is 3.31. The number of nitrogens with one attached hydrogen (secondary N) is 2. The Labute approximate surface area is 209 Å². The fourth-order valence-electron chi connectivity index (χ4n) is 5.32. The molecule has 2 aromatic carbocycles. The number of aromatic amines is 2. The van der Waals surface area contributed by atoms with Gasteiger partial charge in [0, 0.05) is 36.1 Å². The molecule has 0 amide bonds. The van der Waals surface area contributed by atoms with Crippen molar-refractivity contribution in [2.45, 2.75) is 52.9 Å². The van der Waals surface area contributed by atoms with E-state index in [4.69, 9.17) is 0 Å². The van der Waals surface area contributed by atoms with Crippen LogP contribution < -0.4 is 10.6 Å². The molecule has 0 bridgehead atoms. The van der Waals surface area contributed by atoms with Crippen molar-refractivity contribution >= 4 is 27.8 Å². The normalized spacial score (nSPS) is 12.9. The number of rotatable bonds is 6. The predicted molar refractivity (Wildman–Crippen MR) is 154 cm³/mol. The Hall–Kier alpha value is -2.14. The molecule has 34 heavy (non-hydrogen) atoms. The van der Waals surface area contributed by atoms with Gasteiger partial charge in [-0.25, -0.2) is 0 Å². The Bertz CT molecular complexity index is 1150. The fraction of sp³-hybridized carbons (Fsp3) is 0.333. The van der Waals surface area contributed by atoms with Gasteiger partial charge in [-0.2, -0.15) is 0 Å². The second-order valence-corrected chi connectivity index (χ2v) is 14.3. The van der Waals surface area contributed by atoms with E-state index < -0.39 is 7.92 Å². The monoisotopic (exact) mass is 488 g/mol. The first kappa shape index (κ1) is 25.0. The Morgan fingerprint density at radius 1 is 0.706 bits per heavy atom. The predicted octanol–water partition coefficient (Wildman–Crippen LogP) is 7.81. The summed E-state index contributed by atoms with van der Waals surface area (Å²) < 4.78 is 0. The standard InChI is InChI=1S/C30H38N2P2/c1-28(2,3)30(33,29(4,5)6)27-13-12-23(22-10-8-7-9-11-22)18-24(27)21-34(25-14-16-31-19-25)26-15-17-32-20-26/h7-20,31-32H,21,33H2,1-6H3. The molecule has 2 N–H and O–H groups in total. The van der Waals surface area contributed by atoms with Crippen LogP contribution in [0.5, 0.6) is 0 Å². The Morgan fingerprint density at radius 3 is 1.74 bits per heavy atom. The Morgan fingerprint density at radius 2 is 1.26 bits per heavy atom. The van der Waals surface area contributed by atoms with E-state index in [0.717, 1.165) is 6.16 Å². The Balaban J connectivity index is 1.93. The second-order valence-electron chi connectivity index (χ2n) is 11.3. The molecule has 1 unspecified atom stereocenters. The molecular formula is C30H38N2P2. The van der Waals surface area contributed by atoms with Crippen LogP contribution in [0.4, 0.5) is 0 Å². The van der Waals surface area contributed by atoms with Crippen molar-refractivity contribution in [2.24, 2.45) is 10.8 Å².